The SMILES string of the molecule is CCCCCCCC(=O)Oc1c(OC(C)(C)OC)c(OC(C)(C)OC)cc2ccc(Cl)cc12. The molecular weight excluding hydrogens is 444 g/mol. The van der Waals surface area contributed by atoms with Gasteiger partial charge in [0.05, 0.1) is 0 Å². The largest absolute Gasteiger partial charge is 0.459 e. The molecule has 33 heavy (non-hydrogen) atoms. The molecule has 0 bridgehead atoms. The fourth-order valence-electron chi connectivity index (χ4n) is 3.20. The molecule has 2 aromatic rings. The molecule has 0 heterocycles. The summed E-state index contributed by atoms with van der Waals surface area (Å²) in [6.45, 7) is 9.26. The van der Waals surface area contributed by atoms with Crippen molar-refractivity contribution in [3.8, 4) is 17.2 Å². The first kappa shape index (κ1) is 27.2. The number of hydrogen-bond donors (Lipinski definition) is 0. The number of unbranched alkanes of at least 4 members (excludes halogenated alkanes) is 4. The van der Waals surface area contributed by atoms with Crippen LogP contribution in [0.1, 0.15) is 73.1 Å². The van der Waals surface area contributed by atoms with Crippen LogP contribution in [-0.2, 0) is 14.3 Å². The molecule has 0 radical (unpaired) electrons. The van der Waals surface area contributed by atoms with Crippen molar-refractivity contribution in [1.82, 2.24) is 0 Å². The average Bonchev–Trinajstić information content (AvgIpc) is 2.76. The van der Waals surface area contributed by atoms with Crippen LogP contribution in [-0.4, -0.2) is 31.8 Å². The second-order valence-electron chi connectivity index (χ2n) is 8.95. The van der Waals surface area contributed by atoms with Crippen LogP contribution in [0.15, 0.2) is 24.3 Å². The van der Waals surface area contributed by atoms with Crippen molar-refractivity contribution in [2.75, 3.05) is 14.2 Å². The van der Waals surface area contributed by atoms with E-state index < -0.39 is 11.6 Å². The Kier molecular flexibility index (Phi) is 9.83. The maximum absolute atomic E-state index is 12.8. The summed E-state index contributed by atoms with van der Waals surface area (Å²) in [5.41, 5.74) is 0. The van der Waals surface area contributed by atoms with Crippen LogP contribution in [0, 0.1) is 0 Å². The number of benzene rings is 2. The Balaban J connectivity index is 2.54. The van der Waals surface area contributed by atoms with Gasteiger partial charge in [-0.15, -0.1) is 0 Å². The molecule has 7 heteroatoms. The Morgan fingerprint density at radius 2 is 1.52 bits per heavy atom. The lowest BCUT2D eigenvalue weighted by Crippen LogP contribution is -2.33. The van der Waals surface area contributed by atoms with Gasteiger partial charge in [-0.25, -0.2) is 0 Å². The summed E-state index contributed by atoms with van der Waals surface area (Å²) in [5.74, 6) is -1.43. The van der Waals surface area contributed by atoms with Gasteiger partial charge in [0.1, 0.15) is 0 Å². The molecule has 0 aromatic heterocycles. The van der Waals surface area contributed by atoms with Crippen LogP contribution in [0.3, 0.4) is 0 Å². The van der Waals surface area contributed by atoms with E-state index in [2.05, 4.69) is 6.92 Å². The Labute approximate surface area is 202 Å². The zero-order chi connectivity index (χ0) is 24.6. The fraction of sp³-hybridized carbons (Fsp3) is 0.577. The highest BCUT2D eigenvalue weighted by molar-refractivity contribution is 6.31. The molecule has 184 valence electrons. The summed E-state index contributed by atoms with van der Waals surface area (Å²) >= 11 is 6.28. The number of halogens is 1. The Hall–Kier alpha value is -2.02. The summed E-state index contributed by atoms with van der Waals surface area (Å²) in [5, 5.41) is 1.95. The fourth-order valence-corrected chi connectivity index (χ4v) is 3.37. The zero-order valence-corrected chi connectivity index (χ0v) is 21.6. The third-order valence-corrected chi connectivity index (χ3v) is 5.60. The van der Waals surface area contributed by atoms with Crippen LogP contribution in [0.4, 0.5) is 0 Å². The number of esters is 1. The van der Waals surface area contributed by atoms with Gasteiger partial charge >= 0.3 is 5.97 Å². The van der Waals surface area contributed by atoms with E-state index in [1.54, 1.807) is 54.0 Å². The predicted molar refractivity (Wildman–Crippen MR) is 131 cm³/mol. The molecule has 0 aliphatic rings. The smallest absolute Gasteiger partial charge is 0.311 e. The van der Waals surface area contributed by atoms with Crippen LogP contribution in [0.5, 0.6) is 17.2 Å². The number of carbonyl (C=O) groups excluding carboxylic acids is 1. The van der Waals surface area contributed by atoms with E-state index in [0.717, 1.165) is 37.5 Å². The van der Waals surface area contributed by atoms with Gasteiger partial charge in [0.2, 0.25) is 17.3 Å². The Morgan fingerprint density at radius 3 is 2.15 bits per heavy atom. The molecule has 6 nitrogen and oxygen atoms in total. The van der Waals surface area contributed by atoms with Gasteiger partial charge in [0, 0.05) is 58.7 Å². The van der Waals surface area contributed by atoms with Crippen LogP contribution < -0.4 is 14.2 Å². The van der Waals surface area contributed by atoms with E-state index in [0.29, 0.717) is 22.6 Å². The highest BCUT2D eigenvalue weighted by Gasteiger charge is 2.30. The first-order chi connectivity index (χ1) is 15.5. The molecule has 0 aliphatic heterocycles. The van der Waals surface area contributed by atoms with Crippen molar-refractivity contribution in [2.45, 2.75) is 84.7 Å². The van der Waals surface area contributed by atoms with Crippen molar-refractivity contribution in [2.24, 2.45) is 0 Å². The first-order valence-electron chi connectivity index (χ1n) is 11.5. The van der Waals surface area contributed by atoms with Crippen LogP contribution >= 0.6 is 11.6 Å². The standard InChI is InChI=1S/C26H37ClO6/c1-8-9-10-11-12-13-22(28)31-23-20-17-19(27)15-14-18(20)16-21(32-25(2,3)29-6)24(23)33-26(4,5)30-7/h14-17H,8-13H2,1-7H3. The maximum atomic E-state index is 12.8. The van der Waals surface area contributed by atoms with Gasteiger partial charge in [-0.05, 0) is 30.0 Å². The molecule has 0 unspecified atom stereocenters. The predicted octanol–water partition coefficient (Wildman–Crippen LogP) is 7.28. The molecule has 0 fully saturated rings. The second-order valence-corrected chi connectivity index (χ2v) is 9.39. The van der Waals surface area contributed by atoms with Gasteiger partial charge < -0.3 is 23.7 Å². The third-order valence-electron chi connectivity index (χ3n) is 5.36. The van der Waals surface area contributed by atoms with Gasteiger partial charge in [0.15, 0.2) is 11.5 Å². The summed E-state index contributed by atoms with van der Waals surface area (Å²) < 4.78 is 29.1. The topological polar surface area (TPSA) is 63.2 Å². The third kappa shape index (κ3) is 8.05. The van der Waals surface area contributed by atoms with Crippen molar-refractivity contribution in [3.05, 3.63) is 29.3 Å². The summed E-state index contributed by atoms with van der Waals surface area (Å²) in [6, 6.07) is 7.18. The molecule has 0 atom stereocenters. The Morgan fingerprint density at radius 1 is 0.879 bits per heavy atom. The lowest BCUT2D eigenvalue weighted by atomic mass is 10.1. The van der Waals surface area contributed by atoms with Gasteiger partial charge in [0.25, 0.3) is 0 Å². The Bertz CT molecular complexity index is 938. The lowest BCUT2D eigenvalue weighted by Gasteiger charge is -2.30. The number of carbonyl (C=O) groups is 1. The highest BCUT2D eigenvalue weighted by atomic mass is 35.5. The lowest BCUT2D eigenvalue weighted by molar-refractivity contribution is -0.150. The molecule has 0 N–H and O–H groups in total. The van der Waals surface area contributed by atoms with Gasteiger partial charge in [-0.2, -0.15) is 0 Å². The minimum atomic E-state index is -1.01. The summed E-state index contributed by atoms with van der Waals surface area (Å²) in [7, 11) is 3.10. The molecule has 0 saturated carbocycles. The molecule has 0 saturated heterocycles. The average molecular weight is 481 g/mol. The number of hydrogen-bond acceptors (Lipinski definition) is 6. The number of methoxy groups -OCH3 is 2. The molecule has 2 rings (SSSR count). The van der Waals surface area contributed by atoms with E-state index in [1.807, 2.05) is 12.1 Å². The molecule has 0 spiro atoms. The van der Waals surface area contributed by atoms with Crippen molar-refractivity contribution >= 4 is 28.3 Å². The van der Waals surface area contributed by atoms with E-state index in [4.69, 9.17) is 35.3 Å². The minimum absolute atomic E-state index is 0.251. The van der Waals surface area contributed by atoms with Crippen molar-refractivity contribution < 1.29 is 28.5 Å². The molecule has 0 amide bonds. The van der Waals surface area contributed by atoms with Crippen molar-refractivity contribution in [1.29, 1.82) is 0 Å². The summed E-state index contributed by atoms with van der Waals surface area (Å²) in [4.78, 5) is 12.8. The second kappa shape index (κ2) is 11.9. The first-order valence-corrected chi connectivity index (χ1v) is 11.8. The van der Waals surface area contributed by atoms with Crippen LogP contribution in [0.25, 0.3) is 10.8 Å². The molecular formula is C26H37ClO6. The number of rotatable bonds is 13. The van der Waals surface area contributed by atoms with Crippen LogP contribution in [0.2, 0.25) is 5.02 Å². The van der Waals surface area contributed by atoms with E-state index in [-0.39, 0.29) is 17.5 Å². The van der Waals surface area contributed by atoms with E-state index in [9.17, 15) is 4.79 Å². The highest BCUT2D eigenvalue weighted by Crippen LogP contribution is 2.47. The minimum Gasteiger partial charge on any atom is -0.459 e. The number of ether oxygens (including phenoxy) is 5. The van der Waals surface area contributed by atoms with Gasteiger partial charge in [-0.3, -0.25) is 4.79 Å². The zero-order valence-electron chi connectivity index (χ0n) is 20.9. The monoisotopic (exact) mass is 480 g/mol. The van der Waals surface area contributed by atoms with Gasteiger partial charge in [-0.1, -0.05) is 50.3 Å². The van der Waals surface area contributed by atoms with E-state index in [1.165, 1.54) is 0 Å². The van der Waals surface area contributed by atoms with Crippen molar-refractivity contribution in [3.63, 3.8) is 0 Å². The molecule has 2 aromatic carbocycles. The quantitative estimate of drug-likeness (QED) is 0.130. The molecule has 0 aliphatic carbocycles. The maximum Gasteiger partial charge on any atom is 0.311 e. The normalized spacial score (nSPS) is 12.1. The van der Waals surface area contributed by atoms with E-state index >= 15 is 0 Å². The summed E-state index contributed by atoms with van der Waals surface area (Å²) in [6.07, 6.45) is 5.49. The number of fused-ring (bicyclic) bond motifs is 1.